The van der Waals surface area contributed by atoms with Crippen LogP contribution in [0.5, 0.6) is 0 Å². The minimum absolute atomic E-state index is 0.0273. The lowest BCUT2D eigenvalue weighted by Crippen LogP contribution is -2.25. The van der Waals surface area contributed by atoms with E-state index < -0.39 is 11.3 Å². The van der Waals surface area contributed by atoms with Crippen molar-refractivity contribution in [2.24, 2.45) is 0 Å². The standard InChI is InChI=1S/C23H22N6O3S/c1-15(30)28-10-9-17-5-6-19(12-22(17)28)26-23-24-14-20-7-8-21(29(20)27-23)18-4-2-3-16(11-18)13-25-33(31)32/h2-8,11-12,14,25H,9-10,13H2,1H3,(H,26,27)(H,31,32)/p-1. The van der Waals surface area contributed by atoms with Gasteiger partial charge in [0.1, 0.15) is 0 Å². The highest BCUT2D eigenvalue weighted by atomic mass is 32.2. The third kappa shape index (κ3) is 4.36. The number of nitrogens with zero attached hydrogens (tertiary/aromatic N) is 4. The SMILES string of the molecule is CC(=O)N1CCc2ccc(Nc3ncc4ccc(-c5cccc(CNS(=O)[O-])c5)n4n3)cc21. The molecule has 4 aromatic rings. The molecule has 0 radical (unpaired) electrons. The number of benzene rings is 2. The van der Waals surface area contributed by atoms with Crippen molar-refractivity contribution in [3.63, 3.8) is 0 Å². The summed E-state index contributed by atoms with van der Waals surface area (Å²) < 4.78 is 25.8. The Hall–Kier alpha value is -3.60. The van der Waals surface area contributed by atoms with E-state index in [0.29, 0.717) is 12.5 Å². The highest BCUT2D eigenvalue weighted by Crippen LogP contribution is 2.32. The lowest BCUT2D eigenvalue weighted by molar-refractivity contribution is -0.116. The van der Waals surface area contributed by atoms with Crippen molar-refractivity contribution >= 4 is 40.0 Å². The van der Waals surface area contributed by atoms with E-state index in [-0.39, 0.29) is 12.5 Å². The molecule has 2 aromatic heterocycles. The van der Waals surface area contributed by atoms with Crippen molar-refractivity contribution in [1.82, 2.24) is 19.3 Å². The second kappa shape index (κ2) is 8.74. The Kier molecular flexibility index (Phi) is 5.63. The van der Waals surface area contributed by atoms with Gasteiger partial charge >= 0.3 is 0 Å². The van der Waals surface area contributed by atoms with Gasteiger partial charge in [-0.15, -0.1) is 5.10 Å². The van der Waals surface area contributed by atoms with Crippen LogP contribution in [0, 0.1) is 0 Å². The molecule has 10 heteroatoms. The molecule has 168 valence electrons. The summed E-state index contributed by atoms with van der Waals surface area (Å²) in [5.74, 6) is 0.450. The predicted octanol–water partition coefficient (Wildman–Crippen LogP) is 2.93. The summed E-state index contributed by atoms with van der Waals surface area (Å²) in [7, 11) is 0. The number of anilines is 3. The smallest absolute Gasteiger partial charge is 0.245 e. The molecule has 0 aliphatic carbocycles. The molecule has 9 nitrogen and oxygen atoms in total. The van der Waals surface area contributed by atoms with Gasteiger partial charge in [0.2, 0.25) is 11.9 Å². The molecule has 1 unspecified atom stereocenters. The fourth-order valence-electron chi connectivity index (χ4n) is 4.07. The first-order chi connectivity index (χ1) is 16.0. The van der Waals surface area contributed by atoms with E-state index in [0.717, 1.165) is 45.7 Å². The number of carbonyl (C=O) groups is 1. The van der Waals surface area contributed by atoms with Crippen molar-refractivity contribution in [2.45, 2.75) is 19.9 Å². The quantitative estimate of drug-likeness (QED) is 0.427. The minimum Gasteiger partial charge on any atom is -0.760 e. The first-order valence-electron chi connectivity index (χ1n) is 10.4. The Labute approximate surface area is 192 Å². The zero-order valence-corrected chi connectivity index (χ0v) is 18.6. The van der Waals surface area contributed by atoms with Crippen LogP contribution in [-0.2, 0) is 29.0 Å². The number of hydrogen-bond acceptors (Lipinski definition) is 6. The number of aromatic nitrogens is 3. The predicted molar refractivity (Wildman–Crippen MR) is 126 cm³/mol. The molecule has 3 heterocycles. The zero-order valence-electron chi connectivity index (χ0n) is 17.8. The van der Waals surface area contributed by atoms with Gasteiger partial charge < -0.3 is 14.8 Å². The highest BCUT2D eigenvalue weighted by Gasteiger charge is 2.22. The molecule has 0 spiro atoms. The van der Waals surface area contributed by atoms with Gasteiger partial charge in [0.05, 0.1) is 17.4 Å². The van der Waals surface area contributed by atoms with Crippen LogP contribution in [-0.4, -0.2) is 35.8 Å². The van der Waals surface area contributed by atoms with Crippen molar-refractivity contribution in [3.05, 3.63) is 71.9 Å². The van der Waals surface area contributed by atoms with E-state index in [2.05, 4.69) is 20.1 Å². The first-order valence-corrected chi connectivity index (χ1v) is 11.5. The van der Waals surface area contributed by atoms with Gasteiger partial charge in [-0.2, -0.15) is 0 Å². The van der Waals surface area contributed by atoms with Crippen LogP contribution in [0.2, 0.25) is 0 Å². The Balaban J connectivity index is 1.44. The lowest BCUT2D eigenvalue weighted by atomic mass is 10.1. The van der Waals surface area contributed by atoms with Crippen LogP contribution in [0.3, 0.4) is 0 Å². The third-order valence-electron chi connectivity index (χ3n) is 5.63. The number of hydrogen-bond donors (Lipinski definition) is 2. The molecule has 0 fully saturated rings. The monoisotopic (exact) mass is 461 g/mol. The molecular formula is C23H21N6O3S-. The average molecular weight is 462 g/mol. The molecule has 1 atom stereocenters. The maximum absolute atomic E-state index is 11.9. The normalized spacial score (nSPS) is 13.8. The van der Waals surface area contributed by atoms with Gasteiger partial charge in [0.25, 0.3) is 0 Å². The Morgan fingerprint density at radius 1 is 1.18 bits per heavy atom. The molecule has 0 saturated carbocycles. The first kappa shape index (κ1) is 21.3. The second-order valence-corrected chi connectivity index (χ2v) is 8.54. The average Bonchev–Trinajstić information content (AvgIpc) is 3.41. The van der Waals surface area contributed by atoms with Crippen molar-refractivity contribution in [3.8, 4) is 11.3 Å². The Morgan fingerprint density at radius 2 is 2.06 bits per heavy atom. The van der Waals surface area contributed by atoms with Crippen LogP contribution < -0.4 is 14.9 Å². The molecular weight excluding hydrogens is 440 g/mol. The van der Waals surface area contributed by atoms with Crippen molar-refractivity contribution in [1.29, 1.82) is 0 Å². The molecule has 2 aromatic carbocycles. The van der Waals surface area contributed by atoms with Crippen LogP contribution in [0.15, 0.2) is 60.8 Å². The summed E-state index contributed by atoms with van der Waals surface area (Å²) in [6.07, 6.45) is 2.59. The van der Waals surface area contributed by atoms with E-state index >= 15 is 0 Å². The Bertz CT molecular complexity index is 1390. The minimum atomic E-state index is -2.32. The number of amides is 1. The summed E-state index contributed by atoms with van der Waals surface area (Å²) in [5.41, 5.74) is 6.30. The van der Waals surface area contributed by atoms with Gasteiger partial charge in [0.15, 0.2) is 0 Å². The van der Waals surface area contributed by atoms with E-state index in [1.807, 2.05) is 54.6 Å². The fourth-order valence-corrected chi connectivity index (χ4v) is 4.36. The maximum Gasteiger partial charge on any atom is 0.245 e. The van der Waals surface area contributed by atoms with E-state index in [9.17, 15) is 13.6 Å². The second-order valence-electron chi connectivity index (χ2n) is 7.78. The molecule has 33 heavy (non-hydrogen) atoms. The molecule has 5 rings (SSSR count). The maximum atomic E-state index is 11.9. The molecule has 1 aliphatic heterocycles. The molecule has 1 aliphatic rings. The van der Waals surface area contributed by atoms with E-state index in [1.165, 1.54) is 0 Å². The van der Waals surface area contributed by atoms with Crippen LogP contribution in [0.4, 0.5) is 17.3 Å². The van der Waals surface area contributed by atoms with Gasteiger partial charge in [-0.1, -0.05) is 24.3 Å². The van der Waals surface area contributed by atoms with E-state index in [4.69, 9.17) is 0 Å². The summed E-state index contributed by atoms with van der Waals surface area (Å²) in [6, 6.07) is 17.4. The summed E-state index contributed by atoms with van der Waals surface area (Å²) >= 11 is -2.32. The van der Waals surface area contributed by atoms with Crippen molar-refractivity contribution in [2.75, 3.05) is 16.8 Å². The number of carbonyl (C=O) groups excluding carboxylic acids is 1. The topological polar surface area (TPSA) is 115 Å². The summed E-state index contributed by atoms with van der Waals surface area (Å²) in [4.78, 5) is 18.1. The summed E-state index contributed by atoms with van der Waals surface area (Å²) in [6.45, 7) is 2.48. The van der Waals surface area contributed by atoms with Crippen LogP contribution >= 0.6 is 0 Å². The largest absolute Gasteiger partial charge is 0.760 e. The van der Waals surface area contributed by atoms with Crippen molar-refractivity contribution < 1.29 is 13.6 Å². The number of nitrogens with one attached hydrogen (secondary N) is 2. The third-order valence-corrected chi connectivity index (χ3v) is 6.01. The van der Waals surface area contributed by atoms with Gasteiger partial charge in [-0.3, -0.25) is 9.00 Å². The molecule has 1 amide bonds. The summed E-state index contributed by atoms with van der Waals surface area (Å²) in [5, 5.41) is 7.90. The highest BCUT2D eigenvalue weighted by molar-refractivity contribution is 7.77. The zero-order chi connectivity index (χ0) is 22.9. The van der Waals surface area contributed by atoms with Crippen LogP contribution in [0.1, 0.15) is 18.1 Å². The Morgan fingerprint density at radius 3 is 2.88 bits per heavy atom. The van der Waals surface area contributed by atoms with Gasteiger partial charge in [0, 0.05) is 48.2 Å². The van der Waals surface area contributed by atoms with Gasteiger partial charge in [-0.25, -0.2) is 14.2 Å². The molecule has 0 bridgehead atoms. The molecule has 0 saturated heterocycles. The number of fused-ring (bicyclic) bond motifs is 2. The van der Waals surface area contributed by atoms with Gasteiger partial charge in [-0.05, 0) is 47.9 Å². The lowest BCUT2D eigenvalue weighted by Gasteiger charge is -2.16. The number of rotatable bonds is 6. The van der Waals surface area contributed by atoms with E-state index in [1.54, 1.807) is 22.5 Å². The molecule has 2 N–H and O–H groups in total. The van der Waals surface area contributed by atoms with Crippen LogP contribution in [0.25, 0.3) is 16.8 Å². The fraction of sp³-hybridized carbons (Fsp3) is 0.174.